The summed E-state index contributed by atoms with van der Waals surface area (Å²) in [6.07, 6.45) is 1.53. The average Bonchev–Trinajstić information content (AvgIpc) is 3.01. The van der Waals surface area contributed by atoms with Crippen LogP contribution in [0.15, 0.2) is 39.4 Å². The molecule has 0 unspecified atom stereocenters. The quantitative estimate of drug-likeness (QED) is 0.764. The number of nitrogens with zero attached hydrogens (tertiary/aromatic N) is 2. The number of furan rings is 1. The lowest BCUT2D eigenvalue weighted by Gasteiger charge is -2.02. The van der Waals surface area contributed by atoms with Gasteiger partial charge in [0, 0.05) is 22.1 Å². The number of hydrogen-bond donors (Lipinski definition) is 1. The summed E-state index contributed by atoms with van der Waals surface area (Å²) in [7, 11) is 0. The van der Waals surface area contributed by atoms with Gasteiger partial charge in [-0.05, 0) is 38.1 Å². The van der Waals surface area contributed by atoms with Crippen LogP contribution >= 0.6 is 15.9 Å². The Balaban J connectivity index is 2.19. The Labute approximate surface area is 129 Å². The lowest BCUT2D eigenvalue weighted by molar-refractivity contribution is 0.0697. The molecular formula is C15H13BrN2O3. The maximum atomic E-state index is 11.4. The number of rotatable bonds is 3. The van der Waals surface area contributed by atoms with E-state index in [1.807, 2.05) is 32.0 Å². The second-order valence-electron chi connectivity index (χ2n) is 5.06. The number of carboxylic acid groups (broad SMARTS) is 1. The molecule has 0 bridgehead atoms. The zero-order valence-electron chi connectivity index (χ0n) is 11.5. The SMILES string of the molecule is CC(C)n1cc(C(=O)O)c(-c2cc3cc(Br)ccc3o2)n1. The van der Waals surface area contributed by atoms with Crippen molar-refractivity contribution >= 4 is 32.9 Å². The highest BCUT2D eigenvalue weighted by atomic mass is 79.9. The van der Waals surface area contributed by atoms with E-state index in [1.54, 1.807) is 10.7 Å². The van der Waals surface area contributed by atoms with E-state index >= 15 is 0 Å². The van der Waals surface area contributed by atoms with Crippen LogP contribution in [0.25, 0.3) is 22.4 Å². The molecule has 2 aromatic heterocycles. The van der Waals surface area contributed by atoms with E-state index in [2.05, 4.69) is 21.0 Å². The zero-order chi connectivity index (χ0) is 15.1. The number of carboxylic acids is 1. The molecule has 0 saturated carbocycles. The van der Waals surface area contributed by atoms with Crippen LogP contribution in [0.3, 0.4) is 0 Å². The fraction of sp³-hybridized carbons (Fsp3) is 0.200. The first-order chi connectivity index (χ1) is 9.95. The van der Waals surface area contributed by atoms with Crippen molar-refractivity contribution in [3.8, 4) is 11.5 Å². The molecule has 6 heteroatoms. The van der Waals surface area contributed by atoms with Crippen LogP contribution in [-0.4, -0.2) is 20.9 Å². The topological polar surface area (TPSA) is 68.3 Å². The molecule has 0 aliphatic carbocycles. The highest BCUT2D eigenvalue weighted by Crippen LogP contribution is 2.31. The first-order valence-corrected chi connectivity index (χ1v) is 7.27. The number of aromatic carboxylic acids is 1. The predicted octanol–water partition coefficient (Wildman–Crippen LogP) is 4.34. The van der Waals surface area contributed by atoms with E-state index in [0.717, 1.165) is 9.86 Å². The minimum absolute atomic E-state index is 0.0790. The molecule has 0 aliphatic rings. The van der Waals surface area contributed by atoms with Gasteiger partial charge in [-0.1, -0.05) is 15.9 Å². The molecular weight excluding hydrogens is 336 g/mol. The molecule has 3 rings (SSSR count). The van der Waals surface area contributed by atoms with Crippen molar-refractivity contribution in [1.82, 2.24) is 9.78 Å². The minimum Gasteiger partial charge on any atom is -0.478 e. The van der Waals surface area contributed by atoms with E-state index in [4.69, 9.17) is 4.42 Å². The Kier molecular flexibility index (Phi) is 3.33. The third-order valence-electron chi connectivity index (χ3n) is 3.20. The lowest BCUT2D eigenvalue weighted by atomic mass is 10.2. The highest BCUT2D eigenvalue weighted by molar-refractivity contribution is 9.10. The van der Waals surface area contributed by atoms with Gasteiger partial charge in [0.25, 0.3) is 0 Å². The maximum absolute atomic E-state index is 11.4. The van der Waals surface area contributed by atoms with E-state index in [9.17, 15) is 9.90 Å². The molecule has 0 atom stereocenters. The Hall–Kier alpha value is -2.08. The van der Waals surface area contributed by atoms with Crippen molar-refractivity contribution in [2.75, 3.05) is 0 Å². The number of halogens is 1. The van der Waals surface area contributed by atoms with Crippen LogP contribution in [0.1, 0.15) is 30.2 Å². The van der Waals surface area contributed by atoms with E-state index in [0.29, 0.717) is 17.0 Å². The normalized spacial score (nSPS) is 11.4. The summed E-state index contributed by atoms with van der Waals surface area (Å²) in [4.78, 5) is 11.4. The van der Waals surface area contributed by atoms with Crippen LogP contribution in [0.5, 0.6) is 0 Å². The molecule has 0 fully saturated rings. The monoisotopic (exact) mass is 348 g/mol. The van der Waals surface area contributed by atoms with Crippen LogP contribution in [0.4, 0.5) is 0 Å². The molecule has 0 aliphatic heterocycles. The molecule has 0 amide bonds. The van der Waals surface area contributed by atoms with Crippen molar-refractivity contribution in [3.63, 3.8) is 0 Å². The van der Waals surface area contributed by atoms with E-state index in [-0.39, 0.29) is 11.6 Å². The summed E-state index contributed by atoms with van der Waals surface area (Å²) in [5.74, 6) is -0.557. The first-order valence-electron chi connectivity index (χ1n) is 6.47. The highest BCUT2D eigenvalue weighted by Gasteiger charge is 2.21. The largest absolute Gasteiger partial charge is 0.478 e. The van der Waals surface area contributed by atoms with Crippen molar-refractivity contribution in [2.24, 2.45) is 0 Å². The summed E-state index contributed by atoms with van der Waals surface area (Å²) in [6.45, 7) is 3.89. The van der Waals surface area contributed by atoms with Gasteiger partial charge in [0.15, 0.2) is 5.76 Å². The van der Waals surface area contributed by atoms with E-state index in [1.165, 1.54) is 6.20 Å². The molecule has 0 radical (unpaired) electrons. The Morgan fingerprint density at radius 1 is 1.38 bits per heavy atom. The smallest absolute Gasteiger partial charge is 0.339 e. The predicted molar refractivity (Wildman–Crippen MR) is 82.5 cm³/mol. The molecule has 21 heavy (non-hydrogen) atoms. The van der Waals surface area contributed by atoms with Crippen molar-refractivity contribution < 1.29 is 14.3 Å². The van der Waals surface area contributed by atoms with Gasteiger partial charge in [-0.2, -0.15) is 5.10 Å². The van der Waals surface area contributed by atoms with Crippen LogP contribution in [-0.2, 0) is 0 Å². The van der Waals surface area contributed by atoms with Gasteiger partial charge in [-0.25, -0.2) is 4.79 Å². The molecule has 3 aromatic rings. The molecule has 1 N–H and O–H groups in total. The van der Waals surface area contributed by atoms with Gasteiger partial charge in [0.1, 0.15) is 16.8 Å². The first kappa shape index (κ1) is 13.9. The van der Waals surface area contributed by atoms with Gasteiger partial charge in [-0.3, -0.25) is 4.68 Å². The number of carbonyl (C=O) groups is 1. The van der Waals surface area contributed by atoms with Gasteiger partial charge >= 0.3 is 5.97 Å². The molecule has 1 aromatic carbocycles. The number of benzene rings is 1. The Morgan fingerprint density at radius 2 is 2.14 bits per heavy atom. The Bertz CT molecular complexity index is 833. The zero-order valence-corrected chi connectivity index (χ0v) is 13.1. The summed E-state index contributed by atoms with van der Waals surface area (Å²) >= 11 is 3.40. The third kappa shape index (κ3) is 2.47. The fourth-order valence-corrected chi connectivity index (χ4v) is 2.50. The third-order valence-corrected chi connectivity index (χ3v) is 3.70. The molecule has 5 nitrogen and oxygen atoms in total. The summed E-state index contributed by atoms with van der Waals surface area (Å²) in [5, 5.41) is 14.6. The standard InChI is InChI=1S/C15H13BrN2O3/c1-8(2)18-7-11(15(19)20)14(17-18)13-6-9-5-10(16)3-4-12(9)21-13/h3-8H,1-2H3,(H,19,20). The van der Waals surface area contributed by atoms with Gasteiger partial charge in [-0.15, -0.1) is 0 Å². The second kappa shape index (κ2) is 5.04. The summed E-state index contributed by atoms with van der Waals surface area (Å²) in [6, 6.07) is 7.51. The second-order valence-corrected chi connectivity index (χ2v) is 5.98. The number of hydrogen-bond acceptors (Lipinski definition) is 3. The van der Waals surface area contributed by atoms with Crippen molar-refractivity contribution in [1.29, 1.82) is 0 Å². The van der Waals surface area contributed by atoms with Crippen molar-refractivity contribution in [2.45, 2.75) is 19.9 Å². The molecule has 0 spiro atoms. The lowest BCUT2D eigenvalue weighted by Crippen LogP contribution is -2.00. The van der Waals surface area contributed by atoms with Gasteiger partial charge < -0.3 is 9.52 Å². The maximum Gasteiger partial charge on any atom is 0.339 e. The van der Waals surface area contributed by atoms with Crippen LogP contribution in [0.2, 0.25) is 0 Å². The molecule has 0 saturated heterocycles. The summed E-state index contributed by atoms with van der Waals surface area (Å²) in [5.41, 5.74) is 1.19. The fourth-order valence-electron chi connectivity index (χ4n) is 2.13. The van der Waals surface area contributed by atoms with E-state index < -0.39 is 5.97 Å². The van der Waals surface area contributed by atoms with Gasteiger partial charge in [0.2, 0.25) is 0 Å². The van der Waals surface area contributed by atoms with Crippen LogP contribution in [0, 0.1) is 0 Å². The van der Waals surface area contributed by atoms with Crippen molar-refractivity contribution in [3.05, 3.63) is 40.5 Å². The number of fused-ring (bicyclic) bond motifs is 1. The van der Waals surface area contributed by atoms with Crippen LogP contribution < -0.4 is 0 Å². The molecule has 108 valence electrons. The molecule has 2 heterocycles. The Morgan fingerprint density at radius 3 is 2.81 bits per heavy atom. The average molecular weight is 349 g/mol. The number of aromatic nitrogens is 2. The van der Waals surface area contributed by atoms with Gasteiger partial charge in [0.05, 0.1) is 0 Å². The summed E-state index contributed by atoms with van der Waals surface area (Å²) < 4.78 is 8.30. The minimum atomic E-state index is -1.02.